The zero-order valence-corrected chi connectivity index (χ0v) is 11.3. The molecule has 2 aromatic rings. The van der Waals surface area contributed by atoms with Gasteiger partial charge in [0.25, 0.3) is 0 Å². The van der Waals surface area contributed by atoms with Gasteiger partial charge in [-0.15, -0.1) is 0 Å². The van der Waals surface area contributed by atoms with Crippen molar-refractivity contribution in [2.45, 2.75) is 18.9 Å². The lowest BCUT2D eigenvalue weighted by Gasteiger charge is -2.17. The van der Waals surface area contributed by atoms with Gasteiger partial charge in [-0.3, -0.25) is 4.79 Å². The highest BCUT2D eigenvalue weighted by Gasteiger charge is 2.25. The molecule has 5 nitrogen and oxygen atoms in total. The monoisotopic (exact) mass is 262 g/mol. The first-order valence-corrected chi connectivity index (χ1v) is 6.07. The number of esters is 1. The fourth-order valence-electron chi connectivity index (χ4n) is 2.16. The van der Waals surface area contributed by atoms with E-state index in [4.69, 9.17) is 10.5 Å². The number of H-pyrrole nitrogens is 1. The van der Waals surface area contributed by atoms with Crippen LogP contribution in [0.4, 0.5) is 0 Å². The molecule has 0 aliphatic carbocycles. The average molecular weight is 262 g/mol. The summed E-state index contributed by atoms with van der Waals surface area (Å²) in [5.41, 5.74) is 7.87. The molecule has 0 saturated heterocycles. The normalized spacial score (nSPS) is 14.1. The second kappa shape index (κ2) is 5.32. The number of hydrogen-bond acceptors (Lipinski definition) is 4. The maximum Gasteiger partial charge on any atom is 0.323 e. The predicted octanol–water partition coefficient (Wildman–Crippen LogP) is 1.78. The Bertz CT molecular complexity index is 591. The van der Waals surface area contributed by atoms with Crippen LogP contribution in [0, 0.1) is 0 Å². The zero-order chi connectivity index (χ0) is 14.0. The van der Waals surface area contributed by atoms with Crippen LogP contribution >= 0.6 is 0 Å². The van der Waals surface area contributed by atoms with Crippen LogP contribution in [-0.4, -0.2) is 31.2 Å². The number of carbonyl (C=O) groups excluding carboxylic acids is 1. The number of aromatic amines is 1. The van der Waals surface area contributed by atoms with Gasteiger partial charge in [0.1, 0.15) is 11.8 Å². The van der Waals surface area contributed by atoms with E-state index in [1.165, 1.54) is 7.11 Å². The summed E-state index contributed by atoms with van der Waals surface area (Å²) in [5, 5.41) is 1.01. The summed E-state index contributed by atoms with van der Waals surface area (Å²) in [5.74, 6) is 0.213. The number of nitrogens with one attached hydrogen (secondary N) is 1. The van der Waals surface area contributed by atoms with Gasteiger partial charge in [0.15, 0.2) is 0 Å². The number of carbonyl (C=O) groups is 1. The van der Waals surface area contributed by atoms with Crippen molar-refractivity contribution in [3.63, 3.8) is 0 Å². The Morgan fingerprint density at radius 1 is 1.37 bits per heavy atom. The molecule has 2 unspecified atom stereocenters. The van der Waals surface area contributed by atoms with Crippen molar-refractivity contribution in [3.8, 4) is 5.75 Å². The number of fused-ring (bicyclic) bond motifs is 1. The molecule has 0 fully saturated rings. The molecule has 102 valence electrons. The second-order valence-electron chi connectivity index (χ2n) is 4.49. The number of rotatable bonds is 4. The van der Waals surface area contributed by atoms with Crippen LogP contribution in [0.2, 0.25) is 0 Å². The topological polar surface area (TPSA) is 77.3 Å². The summed E-state index contributed by atoms with van der Waals surface area (Å²) >= 11 is 0. The maximum atomic E-state index is 11.5. The van der Waals surface area contributed by atoms with Crippen molar-refractivity contribution in [1.29, 1.82) is 0 Å². The highest BCUT2D eigenvalue weighted by molar-refractivity contribution is 5.86. The predicted molar refractivity (Wildman–Crippen MR) is 73.3 cm³/mol. The van der Waals surface area contributed by atoms with Crippen molar-refractivity contribution >= 4 is 16.9 Å². The SMILES string of the molecule is COC(=O)C(N)C(C)c1c[nH]c2ccc(OC)cc12. The van der Waals surface area contributed by atoms with Gasteiger partial charge in [0.05, 0.1) is 14.2 Å². The fraction of sp³-hybridized carbons (Fsp3) is 0.357. The van der Waals surface area contributed by atoms with Gasteiger partial charge < -0.3 is 20.2 Å². The minimum atomic E-state index is -0.685. The first-order chi connectivity index (χ1) is 9.08. The van der Waals surface area contributed by atoms with Crippen LogP contribution in [0.25, 0.3) is 10.9 Å². The summed E-state index contributed by atoms with van der Waals surface area (Å²) in [6.45, 7) is 1.91. The molecule has 2 atom stereocenters. The van der Waals surface area contributed by atoms with E-state index in [9.17, 15) is 4.79 Å². The lowest BCUT2D eigenvalue weighted by atomic mass is 9.93. The quantitative estimate of drug-likeness (QED) is 0.823. The van der Waals surface area contributed by atoms with E-state index in [0.717, 1.165) is 22.2 Å². The number of nitrogens with two attached hydrogens (primary N) is 1. The van der Waals surface area contributed by atoms with E-state index >= 15 is 0 Å². The molecule has 5 heteroatoms. The number of benzene rings is 1. The minimum Gasteiger partial charge on any atom is -0.497 e. The third kappa shape index (κ3) is 2.42. The maximum absolute atomic E-state index is 11.5. The Balaban J connectivity index is 2.41. The summed E-state index contributed by atoms with van der Waals surface area (Å²) in [7, 11) is 2.96. The molecule has 1 aromatic carbocycles. The summed E-state index contributed by atoms with van der Waals surface area (Å²) in [6.07, 6.45) is 1.87. The third-order valence-corrected chi connectivity index (χ3v) is 3.42. The van der Waals surface area contributed by atoms with E-state index < -0.39 is 12.0 Å². The molecule has 0 aliphatic rings. The van der Waals surface area contributed by atoms with E-state index in [1.807, 2.05) is 31.3 Å². The Morgan fingerprint density at radius 3 is 2.74 bits per heavy atom. The van der Waals surface area contributed by atoms with Gasteiger partial charge >= 0.3 is 5.97 Å². The molecule has 0 aliphatic heterocycles. The van der Waals surface area contributed by atoms with Crippen molar-refractivity contribution < 1.29 is 14.3 Å². The molecule has 2 rings (SSSR count). The number of hydrogen-bond donors (Lipinski definition) is 2. The standard InChI is InChI=1S/C14H18N2O3/c1-8(13(15)14(17)19-3)11-7-16-12-5-4-9(18-2)6-10(11)12/h4-8,13,16H,15H2,1-3H3. The summed E-state index contributed by atoms with van der Waals surface area (Å²) in [4.78, 5) is 14.7. The molecule has 1 aromatic heterocycles. The molecule has 0 bridgehead atoms. The highest BCUT2D eigenvalue weighted by Crippen LogP contribution is 2.30. The largest absolute Gasteiger partial charge is 0.497 e. The first kappa shape index (κ1) is 13.4. The smallest absolute Gasteiger partial charge is 0.323 e. The van der Waals surface area contributed by atoms with Crippen molar-refractivity contribution in [2.75, 3.05) is 14.2 Å². The van der Waals surface area contributed by atoms with E-state index in [1.54, 1.807) is 7.11 Å². The van der Waals surface area contributed by atoms with E-state index in [2.05, 4.69) is 9.72 Å². The van der Waals surface area contributed by atoms with Crippen LogP contribution < -0.4 is 10.5 Å². The number of aromatic nitrogens is 1. The summed E-state index contributed by atoms with van der Waals surface area (Å²) < 4.78 is 9.91. The molecule has 1 heterocycles. The lowest BCUT2D eigenvalue weighted by molar-refractivity contribution is -0.142. The summed E-state index contributed by atoms with van der Waals surface area (Å²) in [6, 6.07) is 5.07. The third-order valence-electron chi connectivity index (χ3n) is 3.42. The molecule has 0 radical (unpaired) electrons. The lowest BCUT2D eigenvalue weighted by Crippen LogP contribution is -2.36. The molecule has 0 saturated carbocycles. The molecular formula is C14H18N2O3. The van der Waals surface area contributed by atoms with E-state index in [-0.39, 0.29) is 5.92 Å². The van der Waals surface area contributed by atoms with Gasteiger partial charge in [-0.05, 0) is 23.8 Å². The average Bonchev–Trinajstić information content (AvgIpc) is 2.87. The van der Waals surface area contributed by atoms with Gasteiger partial charge in [-0.1, -0.05) is 6.92 Å². The van der Waals surface area contributed by atoms with Crippen molar-refractivity contribution in [2.24, 2.45) is 5.73 Å². The van der Waals surface area contributed by atoms with Gasteiger partial charge in [0, 0.05) is 23.0 Å². The number of methoxy groups -OCH3 is 2. The zero-order valence-electron chi connectivity index (χ0n) is 11.3. The first-order valence-electron chi connectivity index (χ1n) is 6.07. The minimum absolute atomic E-state index is 0.145. The Hall–Kier alpha value is -2.01. The Morgan fingerprint density at radius 2 is 2.11 bits per heavy atom. The van der Waals surface area contributed by atoms with Crippen LogP contribution in [0.5, 0.6) is 5.75 Å². The molecule has 3 N–H and O–H groups in total. The molecule has 0 amide bonds. The van der Waals surface area contributed by atoms with Crippen LogP contribution in [0.3, 0.4) is 0 Å². The van der Waals surface area contributed by atoms with Gasteiger partial charge in [0.2, 0.25) is 0 Å². The Labute approximate surface area is 111 Å². The Kier molecular flexibility index (Phi) is 3.76. The molecule has 19 heavy (non-hydrogen) atoms. The van der Waals surface area contributed by atoms with Crippen LogP contribution in [0.15, 0.2) is 24.4 Å². The van der Waals surface area contributed by atoms with Gasteiger partial charge in [-0.25, -0.2) is 0 Å². The van der Waals surface area contributed by atoms with E-state index in [0.29, 0.717) is 0 Å². The molecular weight excluding hydrogens is 244 g/mol. The van der Waals surface area contributed by atoms with Crippen LogP contribution in [0.1, 0.15) is 18.4 Å². The van der Waals surface area contributed by atoms with Crippen molar-refractivity contribution in [1.82, 2.24) is 4.98 Å². The van der Waals surface area contributed by atoms with Gasteiger partial charge in [-0.2, -0.15) is 0 Å². The highest BCUT2D eigenvalue weighted by atomic mass is 16.5. The second-order valence-corrected chi connectivity index (χ2v) is 4.49. The van der Waals surface area contributed by atoms with Crippen molar-refractivity contribution in [3.05, 3.63) is 30.0 Å². The van der Waals surface area contributed by atoms with Crippen LogP contribution in [-0.2, 0) is 9.53 Å². The molecule has 0 spiro atoms. The number of ether oxygens (including phenoxy) is 2. The fourth-order valence-corrected chi connectivity index (χ4v) is 2.16.